The van der Waals surface area contributed by atoms with Gasteiger partial charge in [-0.1, -0.05) is 28.1 Å². The molecule has 0 bridgehead atoms. The normalized spacial score (nSPS) is 16.8. The zero-order chi connectivity index (χ0) is 16.6. The van der Waals surface area contributed by atoms with Crippen molar-refractivity contribution in [3.05, 3.63) is 57.6 Å². The Morgan fingerprint density at radius 2 is 2.09 bits per heavy atom. The molecular weight excluding hydrogens is 362 g/mol. The quantitative estimate of drug-likeness (QED) is 0.869. The Morgan fingerprint density at radius 3 is 2.74 bits per heavy atom. The molecule has 0 saturated carbocycles. The van der Waals surface area contributed by atoms with Gasteiger partial charge in [0.15, 0.2) is 0 Å². The van der Waals surface area contributed by atoms with Gasteiger partial charge < -0.3 is 10.0 Å². The van der Waals surface area contributed by atoms with E-state index < -0.39 is 17.9 Å². The van der Waals surface area contributed by atoms with Crippen LogP contribution < -0.4 is 0 Å². The summed E-state index contributed by atoms with van der Waals surface area (Å²) in [7, 11) is 0. The molecule has 3 rings (SSSR count). The van der Waals surface area contributed by atoms with E-state index in [1.165, 1.54) is 17.3 Å². The lowest BCUT2D eigenvalue weighted by atomic mass is 9.93. The van der Waals surface area contributed by atoms with Gasteiger partial charge in [-0.15, -0.1) is 0 Å². The van der Waals surface area contributed by atoms with E-state index in [1.54, 1.807) is 6.92 Å². The topological polar surface area (TPSA) is 83.4 Å². The summed E-state index contributed by atoms with van der Waals surface area (Å²) in [6, 6.07) is 4.73. The van der Waals surface area contributed by atoms with Gasteiger partial charge in [-0.3, -0.25) is 9.78 Å². The molecule has 6 nitrogen and oxygen atoms in total. The summed E-state index contributed by atoms with van der Waals surface area (Å²) < 4.78 is 0.864. The third kappa shape index (κ3) is 2.96. The van der Waals surface area contributed by atoms with Crippen molar-refractivity contribution in [1.82, 2.24) is 14.9 Å². The first-order chi connectivity index (χ1) is 11.0. The number of aliphatic carboxylic acids is 1. The van der Waals surface area contributed by atoms with Crippen molar-refractivity contribution in [2.45, 2.75) is 25.9 Å². The van der Waals surface area contributed by atoms with Crippen molar-refractivity contribution in [2.24, 2.45) is 0 Å². The second kappa shape index (κ2) is 6.08. The molecule has 23 heavy (non-hydrogen) atoms. The molecule has 0 spiro atoms. The summed E-state index contributed by atoms with van der Waals surface area (Å²) >= 11 is 3.45. The van der Waals surface area contributed by atoms with Crippen molar-refractivity contribution < 1.29 is 14.7 Å². The molecule has 1 unspecified atom stereocenters. The lowest BCUT2D eigenvalue weighted by Gasteiger charge is -2.34. The molecular formula is C16H14BrN3O3. The maximum Gasteiger partial charge on any atom is 0.326 e. The zero-order valence-electron chi connectivity index (χ0n) is 12.4. The maximum absolute atomic E-state index is 12.7. The highest BCUT2D eigenvalue weighted by molar-refractivity contribution is 9.10. The Morgan fingerprint density at radius 1 is 1.30 bits per heavy atom. The van der Waals surface area contributed by atoms with Gasteiger partial charge in [-0.25, -0.2) is 9.78 Å². The predicted octanol–water partition coefficient (Wildman–Crippen LogP) is 2.20. The zero-order valence-corrected chi connectivity index (χ0v) is 13.9. The van der Waals surface area contributed by atoms with Crippen LogP contribution in [0.25, 0.3) is 0 Å². The Balaban J connectivity index is 1.98. The average molecular weight is 376 g/mol. The van der Waals surface area contributed by atoms with E-state index in [1.807, 2.05) is 18.2 Å². The lowest BCUT2D eigenvalue weighted by molar-refractivity contribution is -0.142. The summed E-state index contributed by atoms with van der Waals surface area (Å²) in [6.07, 6.45) is 3.14. The minimum absolute atomic E-state index is 0.153. The summed E-state index contributed by atoms with van der Waals surface area (Å²) in [4.78, 5) is 33.8. The summed E-state index contributed by atoms with van der Waals surface area (Å²) in [5.41, 5.74) is 2.72. The van der Waals surface area contributed by atoms with Crippen molar-refractivity contribution in [3.63, 3.8) is 0 Å². The van der Waals surface area contributed by atoms with E-state index in [2.05, 4.69) is 25.9 Å². The van der Waals surface area contributed by atoms with Crippen molar-refractivity contribution in [3.8, 4) is 0 Å². The molecule has 7 heteroatoms. The number of carbonyl (C=O) groups is 2. The van der Waals surface area contributed by atoms with Gasteiger partial charge in [0.05, 0.1) is 11.9 Å². The van der Waals surface area contributed by atoms with Gasteiger partial charge in [0.2, 0.25) is 0 Å². The van der Waals surface area contributed by atoms with Crippen LogP contribution in [0.3, 0.4) is 0 Å². The smallest absolute Gasteiger partial charge is 0.326 e. The van der Waals surface area contributed by atoms with E-state index >= 15 is 0 Å². The summed E-state index contributed by atoms with van der Waals surface area (Å²) in [5, 5.41) is 9.52. The second-order valence-corrected chi connectivity index (χ2v) is 6.27. The Hall–Kier alpha value is -2.28. The predicted molar refractivity (Wildman–Crippen MR) is 85.9 cm³/mol. The highest BCUT2D eigenvalue weighted by Crippen LogP contribution is 2.30. The number of fused-ring (bicyclic) bond motifs is 1. The SMILES string of the molecule is Cc1cnc(C(=O)N2Cc3cccc(Br)c3CC2C(=O)O)cn1. The molecule has 2 heterocycles. The monoisotopic (exact) mass is 375 g/mol. The standard InChI is InChI=1S/C16H14BrN3O3/c1-9-6-19-13(7-18-9)15(21)20-8-10-3-2-4-12(17)11(10)5-14(20)16(22)23/h2-4,6-7,14H,5,8H2,1H3,(H,22,23). The number of hydrogen-bond donors (Lipinski definition) is 1. The number of carboxylic acids is 1. The van der Waals surface area contributed by atoms with Crippen LogP contribution in [0.2, 0.25) is 0 Å². The van der Waals surface area contributed by atoms with Crippen LogP contribution in [0.1, 0.15) is 27.3 Å². The largest absolute Gasteiger partial charge is 0.480 e. The molecule has 2 aromatic rings. The number of aromatic nitrogens is 2. The van der Waals surface area contributed by atoms with E-state index in [4.69, 9.17) is 0 Å². The lowest BCUT2D eigenvalue weighted by Crippen LogP contribution is -2.49. The molecule has 1 atom stereocenters. The third-order valence-corrected chi connectivity index (χ3v) is 4.62. The van der Waals surface area contributed by atoms with Crippen molar-refractivity contribution in [2.75, 3.05) is 0 Å². The number of amides is 1. The summed E-state index contributed by atoms with van der Waals surface area (Å²) in [6.45, 7) is 2.01. The minimum atomic E-state index is -1.03. The Labute approximate surface area is 141 Å². The van der Waals surface area contributed by atoms with Crippen molar-refractivity contribution in [1.29, 1.82) is 0 Å². The highest BCUT2D eigenvalue weighted by Gasteiger charge is 2.36. The van der Waals surface area contributed by atoms with Crippen LogP contribution in [-0.4, -0.2) is 37.9 Å². The van der Waals surface area contributed by atoms with Crippen LogP contribution >= 0.6 is 15.9 Å². The molecule has 118 valence electrons. The molecule has 0 fully saturated rings. The molecule has 1 amide bonds. The number of rotatable bonds is 2. The second-order valence-electron chi connectivity index (χ2n) is 5.41. The van der Waals surface area contributed by atoms with Gasteiger partial charge >= 0.3 is 5.97 Å². The fourth-order valence-corrected chi connectivity index (χ4v) is 3.23. The fourth-order valence-electron chi connectivity index (χ4n) is 2.66. The van der Waals surface area contributed by atoms with Gasteiger partial charge in [-0.05, 0) is 24.1 Å². The van der Waals surface area contributed by atoms with Crippen molar-refractivity contribution >= 4 is 27.8 Å². The number of carbonyl (C=O) groups excluding carboxylic acids is 1. The van der Waals surface area contributed by atoms with E-state index in [9.17, 15) is 14.7 Å². The molecule has 0 radical (unpaired) electrons. The number of carboxylic acid groups (broad SMARTS) is 1. The average Bonchev–Trinajstić information content (AvgIpc) is 2.54. The number of nitrogens with zero attached hydrogens (tertiary/aromatic N) is 3. The van der Waals surface area contributed by atoms with Crippen LogP contribution in [0, 0.1) is 6.92 Å². The third-order valence-electron chi connectivity index (χ3n) is 3.88. The fraction of sp³-hybridized carbons (Fsp3) is 0.250. The Kier molecular flexibility index (Phi) is 4.12. The number of benzene rings is 1. The molecule has 1 aliphatic rings. The minimum Gasteiger partial charge on any atom is -0.480 e. The summed E-state index contributed by atoms with van der Waals surface area (Å²) in [5.74, 6) is -1.45. The molecule has 1 aromatic heterocycles. The van der Waals surface area contributed by atoms with E-state index in [0.29, 0.717) is 5.69 Å². The van der Waals surface area contributed by atoms with Gasteiger partial charge in [0, 0.05) is 23.6 Å². The number of aryl methyl sites for hydroxylation is 1. The van der Waals surface area contributed by atoms with E-state index in [0.717, 1.165) is 15.6 Å². The maximum atomic E-state index is 12.7. The molecule has 0 saturated heterocycles. The molecule has 1 aliphatic heterocycles. The molecule has 0 aliphatic carbocycles. The van der Waals surface area contributed by atoms with E-state index in [-0.39, 0.29) is 18.7 Å². The van der Waals surface area contributed by atoms with Gasteiger partial charge in [-0.2, -0.15) is 0 Å². The van der Waals surface area contributed by atoms with Gasteiger partial charge in [0.1, 0.15) is 11.7 Å². The Bertz CT molecular complexity index is 777. The first kappa shape index (κ1) is 15.6. The van der Waals surface area contributed by atoms with Crippen LogP contribution in [0.4, 0.5) is 0 Å². The molecule has 1 aromatic carbocycles. The van der Waals surface area contributed by atoms with Gasteiger partial charge in [0.25, 0.3) is 5.91 Å². The first-order valence-corrected chi connectivity index (χ1v) is 7.85. The number of halogens is 1. The molecule has 1 N–H and O–H groups in total. The van der Waals surface area contributed by atoms with Crippen LogP contribution in [-0.2, 0) is 17.8 Å². The van der Waals surface area contributed by atoms with Crippen LogP contribution in [0.15, 0.2) is 35.1 Å². The first-order valence-electron chi connectivity index (χ1n) is 7.06. The van der Waals surface area contributed by atoms with Crippen LogP contribution in [0.5, 0.6) is 0 Å². The number of hydrogen-bond acceptors (Lipinski definition) is 4. The highest BCUT2D eigenvalue weighted by atomic mass is 79.9.